The first kappa shape index (κ1) is 21.3. The Balaban J connectivity index is 1.36. The minimum absolute atomic E-state index is 0.848. The molecule has 0 saturated carbocycles. The van der Waals surface area contributed by atoms with Crippen molar-refractivity contribution >= 4 is 11.9 Å². The Morgan fingerprint density at radius 3 is 1.65 bits per heavy atom. The summed E-state index contributed by atoms with van der Waals surface area (Å²) < 4.78 is 2.42. The van der Waals surface area contributed by atoms with Crippen molar-refractivity contribution < 1.29 is 0 Å². The summed E-state index contributed by atoms with van der Waals surface area (Å²) in [6, 6.07) is 34.3. The van der Waals surface area contributed by atoms with Gasteiger partial charge in [0.25, 0.3) is 0 Å². The molecule has 3 nitrogen and oxygen atoms in total. The summed E-state index contributed by atoms with van der Waals surface area (Å²) in [7, 11) is 0. The zero-order valence-corrected chi connectivity index (χ0v) is 18.3. The van der Waals surface area contributed by atoms with Crippen molar-refractivity contribution in [3.8, 4) is 0 Å². The van der Waals surface area contributed by atoms with Crippen LogP contribution < -0.4 is 5.32 Å². The van der Waals surface area contributed by atoms with E-state index in [-0.39, 0.29) is 0 Å². The van der Waals surface area contributed by atoms with Crippen LogP contribution in [0.4, 0.5) is 0 Å². The van der Waals surface area contributed by atoms with Crippen LogP contribution in [-0.2, 0) is 26.2 Å². The molecule has 4 rings (SSSR count). The highest BCUT2D eigenvalue weighted by Gasteiger charge is 2.10. The van der Waals surface area contributed by atoms with E-state index in [1.54, 1.807) is 0 Å². The molecule has 0 bridgehead atoms. The van der Waals surface area contributed by atoms with Gasteiger partial charge in [0.2, 0.25) is 0 Å². The molecule has 0 atom stereocenters. The van der Waals surface area contributed by atoms with Gasteiger partial charge in [0, 0.05) is 43.5 Å². The maximum atomic E-state index is 4.06. The molecule has 1 aromatic heterocycles. The Hall–Kier alpha value is -2.92. The van der Waals surface area contributed by atoms with Gasteiger partial charge in [0.05, 0.1) is 0 Å². The molecule has 0 radical (unpaired) electrons. The molecule has 0 spiro atoms. The third-order valence-corrected chi connectivity index (χ3v) is 5.97. The summed E-state index contributed by atoms with van der Waals surface area (Å²) in [4.78, 5) is 5.32. The summed E-state index contributed by atoms with van der Waals surface area (Å²) in [5.74, 6) is 0. The van der Waals surface area contributed by atoms with Crippen LogP contribution in [0.2, 0.25) is 0 Å². The van der Waals surface area contributed by atoms with Gasteiger partial charge in [-0.2, -0.15) is 0 Å². The minimum Gasteiger partial charge on any atom is -0.309 e. The van der Waals surface area contributed by atoms with Gasteiger partial charge < -0.3 is 5.32 Å². The van der Waals surface area contributed by atoms with Crippen LogP contribution in [-0.4, -0.2) is 9.29 Å². The minimum atomic E-state index is 0.848. The molecule has 0 aliphatic rings. The van der Waals surface area contributed by atoms with Crippen molar-refractivity contribution in [2.24, 2.45) is 0 Å². The van der Waals surface area contributed by atoms with E-state index in [9.17, 15) is 0 Å². The number of aromatic nitrogens is 1. The Morgan fingerprint density at radius 2 is 1.10 bits per heavy atom. The molecule has 0 unspecified atom stereocenters. The quantitative estimate of drug-likeness (QED) is 0.312. The van der Waals surface area contributed by atoms with Gasteiger partial charge in [-0.25, -0.2) is 4.31 Å². The van der Waals surface area contributed by atoms with E-state index in [0.29, 0.717) is 0 Å². The Bertz CT molecular complexity index is 981. The van der Waals surface area contributed by atoms with Crippen molar-refractivity contribution in [1.29, 1.82) is 0 Å². The van der Waals surface area contributed by atoms with E-state index in [1.165, 1.54) is 27.1 Å². The molecule has 0 aliphatic carbocycles. The summed E-state index contributed by atoms with van der Waals surface area (Å²) >= 11 is 1.81. The molecule has 0 fully saturated rings. The molecule has 156 valence electrons. The zero-order valence-electron chi connectivity index (χ0n) is 17.5. The highest BCUT2D eigenvalue weighted by Crippen LogP contribution is 2.27. The van der Waals surface area contributed by atoms with Crippen molar-refractivity contribution in [2.45, 2.75) is 31.1 Å². The summed E-state index contributed by atoms with van der Waals surface area (Å²) in [5, 5.41) is 3.50. The number of benzene rings is 3. The molecular weight excluding hydrogens is 398 g/mol. The van der Waals surface area contributed by atoms with Crippen LogP contribution in [0.1, 0.15) is 22.3 Å². The molecule has 1 N–H and O–H groups in total. The average Bonchev–Trinajstić information content (AvgIpc) is 2.82. The maximum absolute atomic E-state index is 4.06. The number of nitrogens with one attached hydrogen (secondary N) is 1. The molecule has 3 aromatic carbocycles. The van der Waals surface area contributed by atoms with Gasteiger partial charge in [-0.15, -0.1) is 0 Å². The Morgan fingerprint density at radius 1 is 0.581 bits per heavy atom. The second kappa shape index (κ2) is 11.5. The van der Waals surface area contributed by atoms with Crippen LogP contribution in [0.3, 0.4) is 0 Å². The van der Waals surface area contributed by atoms with Crippen LogP contribution in [0, 0.1) is 0 Å². The number of nitrogens with zero attached hydrogens (tertiary/aromatic N) is 2. The lowest BCUT2D eigenvalue weighted by Crippen LogP contribution is -2.15. The van der Waals surface area contributed by atoms with Crippen molar-refractivity contribution in [2.75, 3.05) is 0 Å². The van der Waals surface area contributed by atoms with Gasteiger partial charge in [-0.05, 0) is 58.5 Å². The van der Waals surface area contributed by atoms with E-state index in [2.05, 4.69) is 99.5 Å². The number of hydrogen-bond acceptors (Lipinski definition) is 4. The second-order valence-electron chi connectivity index (χ2n) is 7.46. The second-order valence-corrected chi connectivity index (χ2v) is 8.63. The van der Waals surface area contributed by atoms with Crippen LogP contribution in [0.15, 0.2) is 114 Å². The largest absolute Gasteiger partial charge is 0.309 e. The van der Waals surface area contributed by atoms with E-state index in [4.69, 9.17) is 0 Å². The maximum Gasteiger partial charge on any atom is 0.0347 e. The SMILES string of the molecule is c1ccc(CN(Cc2ccccc2)Sc2ccc(CNCc3ccncc3)cc2)cc1. The third-order valence-electron chi connectivity index (χ3n) is 4.97. The molecule has 0 aliphatic heterocycles. The topological polar surface area (TPSA) is 28.2 Å². The molecule has 1 heterocycles. The number of hydrogen-bond donors (Lipinski definition) is 1. The number of rotatable bonds is 10. The molecule has 4 heteroatoms. The predicted octanol–water partition coefficient (Wildman–Crippen LogP) is 6.08. The van der Waals surface area contributed by atoms with Gasteiger partial charge >= 0.3 is 0 Å². The van der Waals surface area contributed by atoms with Crippen LogP contribution >= 0.6 is 11.9 Å². The lowest BCUT2D eigenvalue weighted by molar-refractivity contribution is 0.462. The highest BCUT2D eigenvalue weighted by molar-refractivity contribution is 7.97. The lowest BCUT2D eigenvalue weighted by Gasteiger charge is -2.21. The van der Waals surface area contributed by atoms with Crippen LogP contribution in [0.25, 0.3) is 0 Å². The van der Waals surface area contributed by atoms with Crippen molar-refractivity contribution in [3.63, 3.8) is 0 Å². The molecular formula is C27H27N3S. The van der Waals surface area contributed by atoms with E-state index < -0.39 is 0 Å². The molecule has 31 heavy (non-hydrogen) atoms. The van der Waals surface area contributed by atoms with Gasteiger partial charge in [0.15, 0.2) is 0 Å². The van der Waals surface area contributed by atoms with Gasteiger partial charge in [-0.3, -0.25) is 4.98 Å². The van der Waals surface area contributed by atoms with Crippen molar-refractivity contribution in [1.82, 2.24) is 14.6 Å². The third kappa shape index (κ3) is 7.07. The van der Waals surface area contributed by atoms with Gasteiger partial charge in [-0.1, -0.05) is 72.8 Å². The fourth-order valence-electron chi connectivity index (χ4n) is 3.36. The first-order valence-corrected chi connectivity index (χ1v) is 11.3. The Kier molecular flexibility index (Phi) is 7.88. The number of pyridine rings is 1. The normalized spacial score (nSPS) is 11.0. The zero-order chi connectivity index (χ0) is 21.1. The fraction of sp³-hybridized carbons (Fsp3) is 0.148. The highest BCUT2D eigenvalue weighted by atomic mass is 32.2. The first-order chi connectivity index (χ1) is 15.3. The first-order valence-electron chi connectivity index (χ1n) is 10.5. The van der Waals surface area contributed by atoms with Crippen LogP contribution in [0.5, 0.6) is 0 Å². The molecule has 0 saturated heterocycles. The fourth-order valence-corrected chi connectivity index (χ4v) is 4.35. The molecule has 0 amide bonds. The summed E-state index contributed by atoms with van der Waals surface area (Å²) in [6.45, 7) is 3.50. The monoisotopic (exact) mass is 425 g/mol. The van der Waals surface area contributed by atoms with Gasteiger partial charge in [0.1, 0.15) is 0 Å². The molecule has 4 aromatic rings. The van der Waals surface area contributed by atoms with E-state index in [0.717, 1.165) is 26.2 Å². The predicted molar refractivity (Wildman–Crippen MR) is 129 cm³/mol. The van der Waals surface area contributed by atoms with E-state index in [1.807, 2.05) is 36.5 Å². The standard InChI is InChI=1S/C27H27N3S/c1-3-7-25(8-4-1)21-30(22-26-9-5-2-6-10-26)31-27-13-11-23(12-14-27)19-29-20-24-15-17-28-18-16-24/h1-18,29H,19-22H2. The lowest BCUT2D eigenvalue weighted by atomic mass is 10.2. The summed E-state index contributed by atoms with van der Waals surface area (Å²) in [6.07, 6.45) is 3.67. The summed E-state index contributed by atoms with van der Waals surface area (Å²) in [5.41, 5.74) is 5.18. The van der Waals surface area contributed by atoms with E-state index >= 15 is 0 Å². The average molecular weight is 426 g/mol. The Labute approximate surface area is 189 Å². The van der Waals surface area contributed by atoms with Crippen molar-refractivity contribution in [3.05, 3.63) is 132 Å². The smallest absolute Gasteiger partial charge is 0.0347 e.